The number of hydrazone groups is 1. The van der Waals surface area contributed by atoms with Crippen LogP contribution in [0.4, 0.5) is 0 Å². The molecule has 0 saturated carbocycles. The molecule has 3 rings (SSSR count). The van der Waals surface area contributed by atoms with Gasteiger partial charge in [0, 0.05) is 25.9 Å². The molecule has 0 unspecified atom stereocenters. The van der Waals surface area contributed by atoms with Crippen molar-refractivity contribution in [2.24, 2.45) is 11.0 Å². The number of rotatable bonds is 8. The fourth-order valence-electron chi connectivity index (χ4n) is 3.93. The molecule has 2 aliphatic rings. The molecular formula is C22H32N4O3. The highest BCUT2D eigenvalue weighted by molar-refractivity contribution is 6.04. The molecule has 7 nitrogen and oxygen atoms in total. The standard InChI is InChI=1S/C22H32N4O3/c1-17-5-3-13-25(15-17)14-4-12-23-21(27)16-26-22(28)11-10-20(24-26)18-6-8-19(29-2)9-7-18/h6-9,17H,3-5,10-16H2,1-2H3,(H,23,27)/t17-/m0/s1. The predicted molar refractivity (Wildman–Crippen MR) is 113 cm³/mol. The number of nitrogens with one attached hydrogen (secondary N) is 1. The number of ether oxygens (including phenoxy) is 1. The topological polar surface area (TPSA) is 74.2 Å². The maximum absolute atomic E-state index is 12.3. The molecule has 158 valence electrons. The largest absolute Gasteiger partial charge is 0.497 e. The van der Waals surface area contributed by atoms with E-state index in [0.29, 0.717) is 19.4 Å². The first-order chi connectivity index (χ1) is 14.0. The first kappa shape index (κ1) is 21.3. The van der Waals surface area contributed by atoms with Gasteiger partial charge in [0.2, 0.25) is 11.8 Å². The third-order valence-electron chi connectivity index (χ3n) is 5.54. The van der Waals surface area contributed by atoms with Crippen molar-refractivity contribution in [1.29, 1.82) is 0 Å². The van der Waals surface area contributed by atoms with Crippen LogP contribution < -0.4 is 10.1 Å². The summed E-state index contributed by atoms with van der Waals surface area (Å²) in [5, 5.41) is 8.65. The maximum atomic E-state index is 12.3. The van der Waals surface area contributed by atoms with Crippen molar-refractivity contribution in [3.05, 3.63) is 29.8 Å². The lowest BCUT2D eigenvalue weighted by Crippen LogP contribution is -2.41. The predicted octanol–water partition coefficient (Wildman–Crippen LogP) is 2.26. The second-order valence-corrected chi connectivity index (χ2v) is 7.98. The number of likely N-dealkylation sites (tertiary alicyclic amines) is 1. The number of methoxy groups -OCH3 is 1. The van der Waals surface area contributed by atoms with Crippen LogP contribution in [0.15, 0.2) is 29.4 Å². The van der Waals surface area contributed by atoms with Crippen LogP contribution in [0.2, 0.25) is 0 Å². The molecule has 0 spiro atoms. The van der Waals surface area contributed by atoms with Crippen molar-refractivity contribution in [3.8, 4) is 5.75 Å². The summed E-state index contributed by atoms with van der Waals surface area (Å²) < 4.78 is 5.18. The molecule has 7 heteroatoms. The molecule has 0 radical (unpaired) electrons. The van der Waals surface area contributed by atoms with Crippen molar-refractivity contribution in [1.82, 2.24) is 15.2 Å². The Labute approximate surface area is 173 Å². The Kier molecular flexibility index (Phi) is 7.63. The summed E-state index contributed by atoms with van der Waals surface area (Å²) in [4.78, 5) is 26.9. The van der Waals surface area contributed by atoms with Gasteiger partial charge in [-0.25, -0.2) is 5.01 Å². The Morgan fingerprint density at radius 2 is 2.07 bits per heavy atom. The van der Waals surface area contributed by atoms with Crippen LogP contribution in [-0.4, -0.2) is 67.3 Å². The Morgan fingerprint density at radius 1 is 1.28 bits per heavy atom. The molecule has 1 atom stereocenters. The second kappa shape index (κ2) is 10.4. The van der Waals surface area contributed by atoms with Gasteiger partial charge in [-0.1, -0.05) is 6.92 Å². The van der Waals surface area contributed by atoms with Gasteiger partial charge >= 0.3 is 0 Å². The van der Waals surface area contributed by atoms with E-state index in [1.165, 1.54) is 17.9 Å². The zero-order valence-electron chi connectivity index (χ0n) is 17.5. The van der Waals surface area contributed by atoms with Gasteiger partial charge in [-0.3, -0.25) is 9.59 Å². The summed E-state index contributed by atoms with van der Waals surface area (Å²) in [6.45, 7) is 6.21. The Bertz CT molecular complexity index is 732. The Balaban J connectivity index is 1.46. The van der Waals surface area contributed by atoms with Gasteiger partial charge in [-0.2, -0.15) is 5.10 Å². The van der Waals surface area contributed by atoms with Crippen LogP contribution in [0.5, 0.6) is 5.75 Å². The highest BCUT2D eigenvalue weighted by Crippen LogP contribution is 2.18. The number of nitrogens with zero attached hydrogens (tertiary/aromatic N) is 3. The molecule has 2 aliphatic heterocycles. The molecule has 0 aliphatic carbocycles. The molecule has 1 saturated heterocycles. The van der Waals surface area contributed by atoms with Crippen LogP contribution in [0, 0.1) is 5.92 Å². The van der Waals surface area contributed by atoms with E-state index in [1.54, 1.807) is 7.11 Å². The van der Waals surface area contributed by atoms with Gasteiger partial charge in [0.05, 0.1) is 12.8 Å². The summed E-state index contributed by atoms with van der Waals surface area (Å²) in [7, 11) is 1.62. The van der Waals surface area contributed by atoms with Crippen LogP contribution in [-0.2, 0) is 9.59 Å². The highest BCUT2D eigenvalue weighted by Gasteiger charge is 2.23. The van der Waals surface area contributed by atoms with E-state index in [4.69, 9.17) is 4.74 Å². The van der Waals surface area contributed by atoms with E-state index in [-0.39, 0.29) is 18.4 Å². The van der Waals surface area contributed by atoms with Crippen LogP contribution >= 0.6 is 0 Å². The molecule has 29 heavy (non-hydrogen) atoms. The lowest BCUT2D eigenvalue weighted by atomic mass is 10.0. The molecule has 2 heterocycles. The molecule has 0 bridgehead atoms. The van der Waals surface area contributed by atoms with Gasteiger partial charge in [0.1, 0.15) is 12.3 Å². The quantitative estimate of drug-likeness (QED) is 0.680. The van der Waals surface area contributed by atoms with Crippen molar-refractivity contribution < 1.29 is 14.3 Å². The first-order valence-corrected chi connectivity index (χ1v) is 10.6. The van der Waals surface area contributed by atoms with E-state index < -0.39 is 0 Å². The number of hydrogen-bond donors (Lipinski definition) is 1. The van der Waals surface area contributed by atoms with Crippen LogP contribution in [0.25, 0.3) is 0 Å². The number of piperidine rings is 1. The van der Waals surface area contributed by atoms with Crippen molar-refractivity contribution in [2.45, 2.75) is 39.0 Å². The van der Waals surface area contributed by atoms with Gasteiger partial charge in [-0.15, -0.1) is 0 Å². The third-order valence-corrected chi connectivity index (χ3v) is 5.54. The zero-order valence-corrected chi connectivity index (χ0v) is 17.5. The number of benzene rings is 1. The third kappa shape index (κ3) is 6.29. The fraction of sp³-hybridized carbons (Fsp3) is 0.591. The fourth-order valence-corrected chi connectivity index (χ4v) is 3.93. The van der Waals surface area contributed by atoms with Gasteiger partial charge < -0.3 is 15.0 Å². The lowest BCUT2D eigenvalue weighted by molar-refractivity contribution is -0.136. The molecule has 2 amide bonds. The van der Waals surface area contributed by atoms with E-state index in [2.05, 4.69) is 22.2 Å². The average molecular weight is 401 g/mol. The Morgan fingerprint density at radius 3 is 2.79 bits per heavy atom. The number of carbonyl (C=O) groups excluding carboxylic acids is 2. The van der Waals surface area contributed by atoms with Crippen LogP contribution in [0.1, 0.15) is 44.6 Å². The smallest absolute Gasteiger partial charge is 0.243 e. The summed E-state index contributed by atoms with van der Waals surface area (Å²) in [5.74, 6) is 1.27. The molecule has 1 aromatic carbocycles. The minimum atomic E-state index is -0.162. The zero-order chi connectivity index (χ0) is 20.6. The number of hydrogen-bond acceptors (Lipinski definition) is 5. The van der Waals surface area contributed by atoms with Gasteiger partial charge in [-0.05, 0) is 68.1 Å². The second-order valence-electron chi connectivity index (χ2n) is 7.98. The average Bonchev–Trinajstić information content (AvgIpc) is 2.73. The van der Waals surface area contributed by atoms with E-state index in [9.17, 15) is 9.59 Å². The monoisotopic (exact) mass is 400 g/mol. The molecule has 1 N–H and O–H groups in total. The highest BCUT2D eigenvalue weighted by atomic mass is 16.5. The van der Waals surface area contributed by atoms with Gasteiger partial charge in [0.25, 0.3) is 0 Å². The van der Waals surface area contributed by atoms with Crippen LogP contribution in [0.3, 0.4) is 0 Å². The molecular weight excluding hydrogens is 368 g/mol. The normalized spacial score (nSPS) is 20.3. The minimum absolute atomic E-state index is 0.0285. The lowest BCUT2D eigenvalue weighted by Gasteiger charge is -2.30. The van der Waals surface area contributed by atoms with Crippen molar-refractivity contribution >= 4 is 17.5 Å². The minimum Gasteiger partial charge on any atom is -0.497 e. The van der Waals surface area contributed by atoms with E-state index >= 15 is 0 Å². The number of amides is 2. The molecule has 0 aromatic heterocycles. The summed E-state index contributed by atoms with van der Waals surface area (Å²) in [6.07, 6.45) is 4.45. The molecule has 1 aromatic rings. The van der Waals surface area contributed by atoms with E-state index in [0.717, 1.165) is 49.0 Å². The van der Waals surface area contributed by atoms with E-state index in [1.807, 2.05) is 24.3 Å². The van der Waals surface area contributed by atoms with Gasteiger partial charge in [0.15, 0.2) is 0 Å². The summed E-state index contributed by atoms with van der Waals surface area (Å²) in [6, 6.07) is 7.59. The first-order valence-electron chi connectivity index (χ1n) is 10.6. The van der Waals surface area contributed by atoms with Crippen molar-refractivity contribution in [2.75, 3.05) is 39.8 Å². The Hall–Kier alpha value is -2.41. The summed E-state index contributed by atoms with van der Waals surface area (Å²) >= 11 is 0. The summed E-state index contributed by atoms with van der Waals surface area (Å²) in [5.41, 5.74) is 1.76. The maximum Gasteiger partial charge on any atom is 0.243 e. The number of carbonyl (C=O) groups is 2. The molecule has 1 fully saturated rings. The SMILES string of the molecule is COc1ccc(C2=NN(CC(=O)NCCCN3CCC[C@H](C)C3)C(=O)CC2)cc1. The van der Waals surface area contributed by atoms with Crippen molar-refractivity contribution in [3.63, 3.8) is 0 Å².